The number of hydrogen-bond acceptors (Lipinski definition) is 4. The summed E-state index contributed by atoms with van der Waals surface area (Å²) in [6.07, 6.45) is 0.754. The van der Waals surface area contributed by atoms with Crippen molar-refractivity contribution < 1.29 is 19.1 Å². The van der Waals surface area contributed by atoms with Gasteiger partial charge in [0.25, 0.3) is 5.91 Å². The number of esters is 1. The van der Waals surface area contributed by atoms with Crippen molar-refractivity contribution in [1.82, 2.24) is 0 Å². The van der Waals surface area contributed by atoms with Gasteiger partial charge in [-0.1, -0.05) is 30.1 Å². The highest BCUT2D eigenvalue weighted by Crippen LogP contribution is 2.32. The second kappa shape index (κ2) is 8.74. The second-order valence-electron chi connectivity index (χ2n) is 5.14. The Balaban J connectivity index is 2.15. The van der Waals surface area contributed by atoms with Gasteiger partial charge in [-0.2, -0.15) is 0 Å². The fourth-order valence-corrected chi connectivity index (χ4v) is 2.67. The molecule has 1 N–H and O–H groups in total. The molecule has 0 saturated heterocycles. The zero-order chi connectivity index (χ0) is 18.4. The Morgan fingerprint density at radius 2 is 1.80 bits per heavy atom. The largest absolute Gasteiger partial charge is 0.494 e. The number of carbonyl (C=O) groups excluding carboxylic acids is 2. The summed E-state index contributed by atoms with van der Waals surface area (Å²) in [4.78, 5) is 24.2. The normalized spacial score (nSPS) is 10.2. The van der Waals surface area contributed by atoms with Gasteiger partial charge in [-0.15, -0.1) is 0 Å². The molecule has 2 aromatic rings. The summed E-state index contributed by atoms with van der Waals surface area (Å²) >= 11 is 12.0. The summed E-state index contributed by atoms with van der Waals surface area (Å²) in [7, 11) is 1.42. The standard InChI is InChI=1S/C18H17Cl2NO4/c1-3-8-25-18(23)11-4-6-13(7-5-11)21-17(22)14-9-12(19)10-15(20)16(14)24-2/h4-7,9-10H,3,8H2,1-2H3,(H,21,22). The summed E-state index contributed by atoms with van der Waals surface area (Å²) in [5.41, 5.74) is 1.14. The van der Waals surface area contributed by atoms with Crippen molar-refractivity contribution in [2.24, 2.45) is 0 Å². The van der Waals surface area contributed by atoms with Gasteiger partial charge in [0.2, 0.25) is 0 Å². The molecule has 7 heteroatoms. The van der Waals surface area contributed by atoms with E-state index in [0.29, 0.717) is 22.9 Å². The summed E-state index contributed by atoms with van der Waals surface area (Å²) in [6, 6.07) is 9.34. The fourth-order valence-electron chi connectivity index (χ4n) is 2.10. The van der Waals surface area contributed by atoms with E-state index in [4.69, 9.17) is 32.7 Å². The molecule has 0 unspecified atom stereocenters. The summed E-state index contributed by atoms with van der Waals surface area (Å²) in [5.74, 6) is -0.589. The highest BCUT2D eigenvalue weighted by atomic mass is 35.5. The molecule has 0 radical (unpaired) electrons. The highest BCUT2D eigenvalue weighted by molar-refractivity contribution is 6.36. The van der Waals surface area contributed by atoms with Crippen LogP contribution in [0.3, 0.4) is 0 Å². The van der Waals surface area contributed by atoms with E-state index in [1.807, 2.05) is 6.92 Å². The zero-order valence-electron chi connectivity index (χ0n) is 13.8. The van der Waals surface area contributed by atoms with E-state index < -0.39 is 11.9 Å². The van der Waals surface area contributed by atoms with Gasteiger partial charge in [-0.25, -0.2) is 4.79 Å². The molecular weight excluding hydrogens is 365 g/mol. The molecule has 0 aliphatic rings. The molecule has 0 bridgehead atoms. The lowest BCUT2D eigenvalue weighted by Gasteiger charge is -2.12. The van der Waals surface area contributed by atoms with E-state index in [9.17, 15) is 9.59 Å². The number of nitrogens with one attached hydrogen (secondary N) is 1. The number of anilines is 1. The van der Waals surface area contributed by atoms with Crippen molar-refractivity contribution in [2.75, 3.05) is 19.0 Å². The molecule has 0 aromatic heterocycles. The lowest BCUT2D eigenvalue weighted by atomic mass is 10.1. The summed E-state index contributed by atoms with van der Waals surface area (Å²) in [6.45, 7) is 2.29. The maximum atomic E-state index is 12.5. The van der Waals surface area contributed by atoms with Gasteiger partial charge >= 0.3 is 5.97 Å². The third kappa shape index (κ3) is 4.87. The number of methoxy groups -OCH3 is 1. The Morgan fingerprint density at radius 1 is 1.12 bits per heavy atom. The topological polar surface area (TPSA) is 64.6 Å². The van der Waals surface area contributed by atoms with Crippen molar-refractivity contribution in [3.05, 3.63) is 57.6 Å². The Bertz CT molecular complexity index is 775. The van der Waals surface area contributed by atoms with Crippen LogP contribution < -0.4 is 10.1 Å². The number of benzene rings is 2. The first-order valence-electron chi connectivity index (χ1n) is 7.57. The van der Waals surface area contributed by atoms with Crippen molar-refractivity contribution in [1.29, 1.82) is 0 Å². The maximum absolute atomic E-state index is 12.5. The minimum atomic E-state index is -0.428. The Kier molecular flexibility index (Phi) is 6.67. The molecule has 132 valence electrons. The van der Waals surface area contributed by atoms with Crippen molar-refractivity contribution in [3.63, 3.8) is 0 Å². The van der Waals surface area contributed by atoms with Crippen LogP contribution in [0.2, 0.25) is 10.0 Å². The second-order valence-corrected chi connectivity index (χ2v) is 5.98. The molecule has 25 heavy (non-hydrogen) atoms. The van der Waals surface area contributed by atoms with Crippen LogP contribution in [-0.2, 0) is 4.74 Å². The number of carbonyl (C=O) groups is 2. The van der Waals surface area contributed by atoms with E-state index >= 15 is 0 Å². The van der Waals surface area contributed by atoms with Gasteiger partial charge in [-0.05, 0) is 42.8 Å². The molecule has 0 fully saturated rings. The molecule has 0 spiro atoms. The Labute approximate surface area is 155 Å². The first-order chi connectivity index (χ1) is 12.0. The average molecular weight is 382 g/mol. The van der Waals surface area contributed by atoms with Gasteiger partial charge < -0.3 is 14.8 Å². The van der Waals surface area contributed by atoms with Gasteiger partial charge in [0.05, 0.1) is 29.9 Å². The predicted octanol–water partition coefficient (Wildman–Crippen LogP) is 4.82. The van der Waals surface area contributed by atoms with Crippen molar-refractivity contribution >= 4 is 40.8 Å². The van der Waals surface area contributed by atoms with Gasteiger partial charge in [0.15, 0.2) is 0 Å². The number of amides is 1. The molecule has 0 atom stereocenters. The minimum Gasteiger partial charge on any atom is -0.494 e. The summed E-state index contributed by atoms with van der Waals surface area (Å²) < 4.78 is 10.2. The Hall–Kier alpha value is -2.24. The fraction of sp³-hybridized carbons (Fsp3) is 0.222. The van der Waals surface area contributed by atoms with Crippen LogP contribution in [0.4, 0.5) is 5.69 Å². The van der Waals surface area contributed by atoms with E-state index in [2.05, 4.69) is 5.32 Å². The zero-order valence-corrected chi connectivity index (χ0v) is 15.3. The van der Waals surface area contributed by atoms with Crippen LogP contribution in [0, 0.1) is 0 Å². The van der Waals surface area contributed by atoms with Crippen LogP contribution in [-0.4, -0.2) is 25.6 Å². The van der Waals surface area contributed by atoms with Crippen LogP contribution in [0.5, 0.6) is 5.75 Å². The highest BCUT2D eigenvalue weighted by Gasteiger charge is 2.17. The van der Waals surface area contributed by atoms with E-state index in [1.54, 1.807) is 24.3 Å². The third-order valence-electron chi connectivity index (χ3n) is 3.27. The molecule has 2 rings (SSSR count). The van der Waals surface area contributed by atoms with Crippen molar-refractivity contribution in [3.8, 4) is 5.75 Å². The molecular formula is C18H17Cl2NO4. The number of rotatable bonds is 6. The van der Waals surface area contributed by atoms with E-state index in [-0.39, 0.29) is 16.3 Å². The van der Waals surface area contributed by atoms with Gasteiger partial charge in [-0.3, -0.25) is 4.79 Å². The average Bonchev–Trinajstić information content (AvgIpc) is 2.59. The smallest absolute Gasteiger partial charge is 0.338 e. The van der Waals surface area contributed by atoms with Crippen LogP contribution in [0.1, 0.15) is 34.1 Å². The van der Waals surface area contributed by atoms with Crippen LogP contribution >= 0.6 is 23.2 Å². The lowest BCUT2D eigenvalue weighted by molar-refractivity contribution is 0.0505. The molecule has 0 saturated carbocycles. The monoisotopic (exact) mass is 381 g/mol. The number of halogens is 2. The SMILES string of the molecule is CCCOC(=O)c1ccc(NC(=O)c2cc(Cl)cc(Cl)c2OC)cc1. The molecule has 5 nitrogen and oxygen atoms in total. The van der Waals surface area contributed by atoms with Crippen LogP contribution in [0.25, 0.3) is 0 Å². The third-order valence-corrected chi connectivity index (χ3v) is 3.77. The minimum absolute atomic E-state index is 0.214. The van der Waals surface area contributed by atoms with Gasteiger partial charge in [0, 0.05) is 10.7 Å². The van der Waals surface area contributed by atoms with E-state index in [0.717, 1.165) is 6.42 Å². The Morgan fingerprint density at radius 3 is 2.40 bits per heavy atom. The predicted molar refractivity (Wildman–Crippen MR) is 98.0 cm³/mol. The van der Waals surface area contributed by atoms with Crippen LogP contribution in [0.15, 0.2) is 36.4 Å². The molecule has 0 aliphatic carbocycles. The first kappa shape index (κ1) is 19.1. The number of hydrogen-bond donors (Lipinski definition) is 1. The lowest BCUT2D eigenvalue weighted by Crippen LogP contribution is -2.14. The molecule has 0 aliphatic heterocycles. The first-order valence-corrected chi connectivity index (χ1v) is 8.33. The molecule has 2 aromatic carbocycles. The van der Waals surface area contributed by atoms with Gasteiger partial charge in [0.1, 0.15) is 5.75 Å². The summed E-state index contributed by atoms with van der Waals surface area (Å²) in [5, 5.41) is 3.28. The van der Waals surface area contributed by atoms with E-state index in [1.165, 1.54) is 19.2 Å². The number of ether oxygens (including phenoxy) is 2. The van der Waals surface area contributed by atoms with Crippen molar-refractivity contribution in [2.45, 2.75) is 13.3 Å². The maximum Gasteiger partial charge on any atom is 0.338 e. The molecule has 0 heterocycles. The quantitative estimate of drug-likeness (QED) is 0.728. The molecule has 1 amide bonds.